The summed E-state index contributed by atoms with van der Waals surface area (Å²) >= 11 is 0. The van der Waals surface area contributed by atoms with Crippen LogP contribution < -0.4 is 5.32 Å². The Bertz CT molecular complexity index is 1460. The van der Waals surface area contributed by atoms with Gasteiger partial charge in [0, 0.05) is 30.4 Å². The summed E-state index contributed by atoms with van der Waals surface area (Å²) in [6, 6.07) is 24.9. The summed E-state index contributed by atoms with van der Waals surface area (Å²) in [5, 5.41) is 15.3. The second kappa shape index (κ2) is 7.33. The number of benzene rings is 3. The average molecular weight is 406 g/mol. The number of aromatic nitrogens is 3. The minimum absolute atomic E-state index is 0.588. The number of aryl methyl sites for hydroxylation is 3. The molecule has 0 atom stereocenters. The highest BCUT2D eigenvalue weighted by Gasteiger charge is 2.15. The molecule has 0 saturated heterocycles. The molecule has 31 heavy (non-hydrogen) atoms. The minimum Gasteiger partial charge on any atom is -0.380 e. The van der Waals surface area contributed by atoms with E-state index in [0.29, 0.717) is 12.1 Å². The maximum atomic E-state index is 9.77. The van der Waals surface area contributed by atoms with E-state index in [-0.39, 0.29) is 0 Å². The number of fused-ring (bicyclic) bond motifs is 2. The summed E-state index contributed by atoms with van der Waals surface area (Å²) in [4.78, 5) is 5.00. The molecule has 5 heteroatoms. The van der Waals surface area contributed by atoms with Crippen LogP contribution in [0.5, 0.6) is 0 Å². The Labute approximate surface area is 181 Å². The topological polar surface area (TPSA) is 58.6 Å². The molecule has 5 rings (SSSR count). The van der Waals surface area contributed by atoms with Gasteiger partial charge in [0.05, 0.1) is 22.3 Å². The third kappa shape index (κ3) is 3.04. The van der Waals surface area contributed by atoms with Crippen molar-refractivity contribution in [3.05, 3.63) is 89.2 Å². The van der Waals surface area contributed by atoms with Crippen molar-refractivity contribution in [2.45, 2.75) is 20.4 Å². The van der Waals surface area contributed by atoms with E-state index < -0.39 is 0 Å². The molecular formula is C26H23N5. The van der Waals surface area contributed by atoms with Crippen LogP contribution in [0.3, 0.4) is 0 Å². The molecule has 5 nitrogen and oxygen atoms in total. The number of para-hydroxylation sites is 1. The van der Waals surface area contributed by atoms with Crippen molar-refractivity contribution in [3.63, 3.8) is 0 Å². The first-order valence-electron chi connectivity index (χ1n) is 10.3. The summed E-state index contributed by atoms with van der Waals surface area (Å²) < 4.78 is 4.31. The SMILES string of the molecule is Cc1ccc(C)n1-c1nc2c(CNc3ccc4ccccc4c3C#N)cccc2n1C. The van der Waals surface area contributed by atoms with E-state index >= 15 is 0 Å². The van der Waals surface area contributed by atoms with Crippen molar-refractivity contribution in [2.24, 2.45) is 7.05 Å². The van der Waals surface area contributed by atoms with Gasteiger partial charge in [-0.05, 0) is 49.1 Å². The minimum atomic E-state index is 0.588. The van der Waals surface area contributed by atoms with Crippen molar-refractivity contribution in [1.29, 1.82) is 5.26 Å². The Morgan fingerprint density at radius 2 is 1.71 bits per heavy atom. The Morgan fingerprint density at radius 1 is 0.935 bits per heavy atom. The highest BCUT2D eigenvalue weighted by atomic mass is 15.2. The molecular weight excluding hydrogens is 382 g/mol. The van der Waals surface area contributed by atoms with Crippen LogP contribution >= 0.6 is 0 Å². The Kier molecular flexibility index (Phi) is 4.48. The van der Waals surface area contributed by atoms with Gasteiger partial charge in [0.2, 0.25) is 5.95 Å². The third-order valence-electron chi connectivity index (χ3n) is 5.95. The summed E-state index contributed by atoms with van der Waals surface area (Å²) in [5.41, 5.74) is 6.98. The molecule has 3 aromatic carbocycles. The monoisotopic (exact) mass is 405 g/mol. The second-order valence-corrected chi connectivity index (χ2v) is 7.88. The Balaban J connectivity index is 1.55. The molecule has 0 aliphatic heterocycles. The Hall–Kier alpha value is -4.04. The molecule has 5 aromatic rings. The summed E-state index contributed by atoms with van der Waals surface area (Å²) in [6.07, 6.45) is 0. The highest BCUT2D eigenvalue weighted by Crippen LogP contribution is 2.28. The van der Waals surface area contributed by atoms with Gasteiger partial charge in [0.25, 0.3) is 0 Å². The molecule has 0 saturated carbocycles. The van der Waals surface area contributed by atoms with E-state index in [1.54, 1.807) is 0 Å². The molecule has 0 spiro atoms. The predicted molar refractivity (Wildman–Crippen MR) is 126 cm³/mol. The third-order valence-corrected chi connectivity index (χ3v) is 5.95. The predicted octanol–water partition coefficient (Wildman–Crippen LogP) is 5.62. The van der Waals surface area contributed by atoms with Gasteiger partial charge >= 0.3 is 0 Å². The standard InChI is InChI=1S/C26H23N5/c1-17-11-12-18(2)31(17)26-29-25-20(8-6-10-24(25)30(26)3)16-28-23-14-13-19-7-4-5-9-21(19)22(23)15-27/h4-14,28H,16H2,1-3H3. The highest BCUT2D eigenvalue weighted by molar-refractivity contribution is 5.92. The lowest BCUT2D eigenvalue weighted by Crippen LogP contribution is -2.06. The molecule has 2 heterocycles. The fourth-order valence-electron chi connectivity index (χ4n) is 4.32. The van der Waals surface area contributed by atoms with E-state index in [9.17, 15) is 5.26 Å². The maximum absolute atomic E-state index is 9.77. The lowest BCUT2D eigenvalue weighted by molar-refractivity contribution is 0.806. The fourth-order valence-corrected chi connectivity index (χ4v) is 4.32. The number of imidazole rings is 1. The van der Waals surface area contributed by atoms with Crippen LogP contribution in [0.15, 0.2) is 66.7 Å². The molecule has 152 valence electrons. The van der Waals surface area contributed by atoms with Crippen LogP contribution in [0.2, 0.25) is 0 Å². The zero-order valence-corrected chi connectivity index (χ0v) is 17.8. The van der Waals surface area contributed by atoms with E-state index in [0.717, 1.165) is 50.4 Å². The lowest BCUT2D eigenvalue weighted by Gasteiger charge is -2.11. The van der Waals surface area contributed by atoms with E-state index in [1.165, 1.54) is 0 Å². The van der Waals surface area contributed by atoms with E-state index in [1.807, 2.05) is 30.3 Å². The van der Waals surface area contributed by atoms with E-state index in [2.05, 4.69) is 77.8 Å². The molecule has 0 amide bonds. The lowest BCUT2D eigenvalue weighted by atomic mass is 10.0. The quantitative estimate of drug-likeness (QED) is 0.422. The van der Waals surface area contributed by atoms with Crippen molar-refractivity contribution in [3.8, 4) is 12.0 Å². The van der Waals surface area contributed by atoms with Crippen LogP contribution in [0.4, 0.5) is 5.69 Å². The van der Waals surface area contributed by atoms with Crippen molar-refractivity contribution < 1.29 is 0 Å². The van der Waals surface area contributed by atoms with Crippen molar-refractivity contribution >= 4 is 27.5 Å². The summed E-state index contributed by atoms with van der Waals surface area (Å²) in [6.45, 7) is 4.78. The number of nitrogens with one attached hydrogen (secondary N) is 1. The molecule has 0 aliphatic carbocycles. The van der Waals surface area contributed by atoms with Crippen LogP contribution in [0.1, 0.15) is 22.5 Å². The first-order chi connectivity index (χ1) is 15.1. The van der Waals surface area contributed by atoms with Gasteiger partial charge < -0.3 is 9.88 Å². The second-order valence-electron chi connectivity index (χ2n) is 7.88. The molecule has 0 bridgehead atoms. The zero-order valence-electron chi connectivity index (χ0n) is 17.8. The smallest absolute Gasteiger partial charge is 0.215 e. The van der Waals surface area contributed by atoms with Gasteiger partial charge in [-0.25, -0.2) is 4.98 Å². The maximum Gasteiger partial charge on any atom is 0.215 e. The summed E-state index contributed by atoms with van der Waals surface area (Å²) in [5.74, 6) is 0.908. The molecule has 0 fully saturated rings. The number of rotatable bonds is 4. The first-order valence-corrected chi connectivity index (χ1v) is 10.3. The zero-order chi connectivity index (χ0) is 21.5. The van der Waals surface area contributed by atoms with Gasteiger partial charge in [0.15, 0.2) is 0 Å². The number of hydrogen-bond donors (Lipinski definition) is 1. The van der Waals surface area contributed by atoms with Gasteiger partial charge in [-0.2, -0.15) is 5.26 Å². The van der Waals surface area contributed by atoms with Crippen molar-refractivity contribution in [2.75, 3.05) is 5.32 Å². The van der Waals surface area contributed by atoms with Gasteiger partial charge in [-0.15, -0.1) is 0 Å². The molecule has 0 radical (unpaired) electrons. The van der Waals surface area contributed by atoms with Crippen LogP contribution in [-0.2, 0) is 13.6 Å². The fraction of sp³-hybridized carbons (Fsp3) is 0.154. The Morgan fingerprint density at radius 3 is 2.48 bits per heavy atom. The number of nitriles is 1. The normalized spacial score (nSPS) is 11.2. The van der Waals surface area contributed by atoms with Crippen LogP contribution in [-0.4, -0.2) is 14.1 Å². The first kappa shape index (κ1) is 19.0. The van der Waals surface area contributed by atoms with Crippen molar-refractivity contribution in [1.82, 2.24) is 14.1 Å². The molecule has 0 unspecified atom stereocenters. The number of nitrogens with zero attached hydrogens (tertiary/aromatic N) is 4. The van der Waals surface area contributed by atoms with Gasteiger partial charge in [-0.3, -0.25) is 4.57 Å². The van der Waals surface area contributed by atoms with Gasteiger partial charge in [-0.1, -0.05) is 42.5 Å². The molecule has 0 aliphatic rings. The largest absolute Gasteiger partial charge is 0.380 e. The summed E-state index contributed by atoms with van der Waals surface area (Å²) in [7, 11) is 2.05. The molecule has 2 aromatic heterocycles. The van der Waals surface area contributed by atoms with Gasteiger partial charge in [0.1, 0.15) is 6.07 Å². The van der Waals surface area contributed by atoms with Crippen LogP contribution in [0, 0.1) is 25.2 Å². The number of hydrogen-bond acceptors (Lipinski definition) is 3. The number of anilines is 1. The van der Waals surface area contributed by atoms with Crippen LogP contribution in [0.25, 0.3) is 27.8 Å². The average Bonchev–Trinajstić information content (AvgIpc) is 3.30. The van der Waals surface area contributed by atoms with E-state index in [4.69, 9.17) is 4.98 Å². The molecule has 1 N–H and O–H groups in total.